The van der Waals surface area contributed by atoms with Gasteiger partial charge in [0, 0.05) is 30.7 Å². The summed E-state index contributed by atoms with van der Waals surface area (Å²) in [6.07, 6.45) is 0.582. The fourth-order valence-corrected chi connectivity index (χ4v) is 3.33. The van der Waals surface area contributed by atoms with Gasteiger partial charge in [-0.1, -0.05) is 30.4 Å². The van der Waals surface area contributed by atoms with Gasteiger partial charge in [-0.3, -0.25) is 4.79 Å². The minimum Gasteiger partial charge on any atom is -0.393 e. The van der Waals surface area contributed by atoms with Crippen molar-refractivity contribution < 1.29 is 4.79 Å². The van der Waals surface area contributed by atoms with Gasteiger partial charge in [0.25, 0.3) is 0 Å². The Morgan fingerprint density at radius 2 is 2.28 bits per heavy atom. The van der Waals surface area contributed by atoms with Gasteiger partial charge < -0.3 is 10.6 Å². The van der Waals surface area contributed by atoms with Gasteiger partial charge in [-0.15, -0.1) is 11.8 Å². The first-order valence-corrected chi connectivity index (χ1v) is 7.24. The Bertz CT molecular complexity index is 476. The molecule has 1 aliphatic rings. The third-order valence-electron chi connectivity index (χ3n) is 3.07. The number of carbonyl (C=O) groups is 1. The summed E-state index contributed by atoms with van der Waals surface area (Å²) in [5, 5.41) is 0. The van der Waals surface area contributed by atoms with Crippen molar-refractivity contribution >= 4 is 34.9 Å². The van der Waals surface area contributed by atoms with Gasteiger partial charge in [0.2, 0.25) is 5.91 Å². The second-order valence-corrected chi connectivity index (χ2v) is 5.96. The SMILES string of the molecule is CN(CCC(N)=S)C(=O)C1CSc2ccccc21. The van der Waals surface area contributed by atoms with Crippen molar-refractivity contribution in [1.29, 1.82) is 0 Å². The van der Waals surface area contributed by atoms with Crippen molar-refractivity contribution in [2.24, 2.45) is 5.73 Å². The van der Waals surface area contributed by atoms with Gasteiger partial charge in [0.15, 0.2) is 0 Å². The predicted molar refractivity (Wildman–Crippen MR) is 78.9 cm³/mol. The van der Waals surface area contributed by atoms with E-state index in [0.717, 1.165) is 11.3 Å². The molecule has 0 spiro atoms. The largest absolute Gasteiger partial charge is 0.393 e. The Morgan fingerprint density at radius 3 is 3.00 bits per heavy atom. The van der Waals surface area contributed by atoms with E-state index in [-0.39, 0.29) is 11.8 Å². The van der Waals surface area contributed by atoms with E-state index in [2.05, 4.69) is 6.07 Å². The maximum Gasteiger partial charge on any atom is 0.230 e. The number of carbonyl (C=O) groups excluding carboxylic acids is 1. The van der Waals surface area contributed by atoms with Gasteiger partial charge in [-0.2, -0.15) is 0 Å². The molecule has 0 radical (unpaired) electrons. The van der Waals surface area contributed by atoms with Gasteiger partial charge in [0.1, 0.15) is 0 Å². The molecule has 0 fully saturated rings. The van der Waals surface area contributed by atoms with Crippen LogP contribution in [0.5, 0.6) is 0 Å². The minimum absolute atomic E-state index is 0.0254. The van der Waals surface area contributed by atoms with Crippen molar-refractivity contribution in [1.82, 2.24) is 4.90 Å². The van der Waals surface area contributed by atoms with Crippen LogP contribution >= 0.6 is 24.0 Å². The maximum atomic E-state index is 12.3. The van der Waals surface area contributed by atoms with E-state index in [1.54, 1.807) is 16.7 Å². The summed E-state index contributed by atoms with van der Waals surface area (Å²) in [6.45, 7) is 0.595. The lowest BCUT2D eigenvalue weighted by Crippen LogP contribution is -2.34. The Labute approximate surface area is 117 Å². The van der Waals surface area contributed by atoms with Gasteiger partial charge in [0.05, 0.1) is 10.9 Å². The number of fused-ring (bicyclic) bond motifs is 1. The molecule has 2 rings (SSSR count). The molecule has 1 atom stereocenters. The van der Waals surface area contributed by atoms with Crippen LogP contribution in [0.1, 0.15) is 17.9 Å². The Hall–Kier alpha value is -1.07. The van der Waals surface area contributed by atoms with Crippen LogP contribution in [0.3, 0.4) is 0 Å². The van der Waals surface area contributed by atoms with Crippen LogP contribution < -0.4 is 5.73 Å². The van der Waals surface area contributed by atoms with Gasteiger partial charge in [-0.05, 0) is 11.6 Å². The first kappa shape index (κ1) is 13.4. The lowest BCUT2D eigenvalue weighted by Gasteiger charge is -2.21. The van der Waals surface area contributed by atoms with Gasteiger partial charge in [-0.25, -0.2) is 0 Å². The van der Waals surface area contributed by atoms with Crippen LogP contribution in [-0.4, -0.2) is 35.1 Å². The highest BCUT2D eigenvalue weighted by molar-refractivity contribution is 7.99. The lowest BCUT2D eigenvalue weighted by atomic mass is 10.00. The number of benzene rings is 1. The average Bonchev–Trinajstić information content (AvgIpc) is 2.78. The average molecular weight is 280 g/mol. The molecule has 5 heteroatoms. The van der Waals surface area contributed by atoms with Crippen LogP contribution in [-0.2, 0) is 4.79 Å². The number of amides is 1. The molecular weight excluding hydrogens is 264 g/mol. The summed E-state index contributed by atoms with van der Waals surface area (Å²) in [7, 11) is 1.81. The monoisotopic (exact) mass is 280 g/mol. The summed E-state index contributed by atoms with van der Waals surface area (Å²) in [6, 6.07) is 8.11. The molecule has 1 amide bonds. The number of rotatable bonds is 4. The third-order valence-corrected chi connectivity index (χ3v) is 4.45. The molecule has 1 aliphatic heterocycles. The van der Waals surface area contributed by atoms with E-state index in [4.69, 9.17) is 18.0 Å². The molecule has 96 valence electrons. The van der Waals surface area contributed by atoms with Crippen LogP contribution in [0.25, 0.3) is 0 Å². The van der Waals surface area contributed by atoms with E-state index >= 15 is 0 Å². The second kappa shape index (κ2) is 5.71. The number of hydrogen-bond donors (Lipinski definition) is 1. The molecule has 0 bridgehead atoms. The van der Waals surface area contributed by atoms with Crippen molar-refractivity contribution in [3.63, 3.8) is 0 Å². The Balaban J connectivity index is 2.05. The van der Waals surface area contributed by atoms with Crippen molar-refractivity contribution in [2.75, 3.05) is 19.3 Å². The molecule has 1 unspecified atom stereocenters. The van der Waals surface area contributed by atoms with E-state index < -0.39 is 0 Å². The zero-order valence-corrected chi connectivity index (χ0v) is 11.9. The number of thiocarbonyl (C=S) groups is 1. The number of thioether (sulfide) groups is 1. The third kappa shape index (κ3) is 2.84. The quantitative estimate of drug-likeness (QED) is 0.857. The number of nitrogens with two attached hydrogens (primary N) is 1. The predicted octanol–water partition coefficient (Wildman–Crippen LogP) is 2.01. The first-order valence-electron chi connectivity index (χ1n) is 5.84. The van der Waals surface area contributed by atoms with E-state index in [1.165, 1.54) is 4.90 Å². The van der Waals surface area contributed by atoms with Crippen LogP contribution in [0.15, 0.2) is 29.2 Å². The molecule has 0 saturated heterocycles. The molecule has 0 aliphatic carbocycles. The number of likely N-dealkylation sites (N-methyl/N-ethyl adjacent to an activating group) is 1. The number of hydrogen-bond acceptors (Lipinski definition) is 3. The summed E-state index contributed by atoms with van der Waals surface area (Å²) >= 11 is 6.58. The second-order valence-electron chi connectivity index (χ2n) is 4.38. The lowest BCUT2D eigenvalue weighted by molar-refractivity contribution is -0.130. The summed E-state index contributed by atoms with van der Waals surface area (Å²) in [5.74, 6) is 0.960. The summed E-state index contributed by atoms with van der Waals surface area (Å²) < 4.78 is 0. The van der Waals surface area contributed by atoms with Crippen LogP contribution in [0.4, 0.5) is 0 Å². The standard InChI is InChI=1S/C13H16N2OS2/c1-15(7-6-12(14)17)13(16)10-8-18-11-5-3-2-4-9(10)11/h2-5,10H,6-8H2,1H3,(H2,14,17). The van der Waals surface area contributed by atoms with Crippen LogP contribution in [0, 0.1) is 0 Å². The molecule has 2 N–H and O–H groups in total. The fraction of sp³-hybridized carbons (Fsp3) is 0.385. The molecule has 1 aromatic carbocycles. The van der Waals surface area contributed by atoms with Crippen molar-refractivity contribution in [2.45, 2.75) is 17.2 Å². The zero-order valence-electron chi connectivity index (χ0n) is 10.3. The fourth-order valence-electron chi connectivity index (χ4n) is 2.02. The highest BCUT2D eigenvalue weighted by atomic mass is 32.2. The zero-order chi connectivity index (χ0) is 13.1. The van der Waals surface area contributed by atoms with E-state index in [9.17, 15) is 4.79 Å². The molecule has 3 nitrogen and oxygen atoms in total. The molecule has 18 heavy (non-hydrogen) atoms. The molecule has 1 heterocycles. The highest BCUT2D eigenvalue weighted by Gasteiger charge is 2.30. The van der Waals surface area contributed by atoms with E-state index in [1.807, 2.05) is 25.2 Å². The highest BCUT2D eigenvalue weighted by Crippen LogP contribution is 2.39. The minimum atomic E-state index is -0.0254. The number of nitrogens with zero attached hydrogens (tertiary/aromatic N) is 1. The molecule has 0 saturated carbocycles. The molecular formula is C13H16N2OS2. The van der Waals surface area contributed by atoms with E-state index in [0.29, 0.717) is 18.0 Å². The summed E-state index contributed by atoms with van der Waals surface area (Å²) in [4.78, 5) is 15.8. The Kier molecular flexibility index (Phi) is 4.24. The van der Waals surface area contributed by atoms with Crippen LogP contribution in [0.2, 0.25) is 0 Å². The smallest absolute Gasteiger partial charge is 0.230 e. The topological polar surface area (TPSA) is 46.3 Å². The van der Waals surface area contributed by atoms with Gasteiger partial charge >= 0.3 is 0 Å². The molecule has 1 aromatic rings. The normalized spacial score (nSPS) is 17.3. The Morgan fingerprint density at radius 1 is 1.56 bits per heavy atom. The molecule has 0 aromatic heterocycles. The van der Waals surface area contributed by atoms with Crippen molar-refractivity contribution in [3.8, 4) is 0 Å². The maximum absolute atomic E-state index is 12.3. The first-order chi connectivity index (χ1) is 8.59. The summed E-state index contributed by atoms with van der Waals surface area (Å²) in [5.41, 5.74) is 6.61. The van der Waals surface area contributed by atoms with Crippen molar-refractivity contribution in [3.05, 3.63) is 29.8 Å².